The van der Waals surface area contributed by atoms with Gasteiger partial charge in [-0.05, 0) is 97.3 Å². The van der Waals surface area contributed by atoms with E-state index in [-0.39, 0.29) is 11.3 Å². The van der Waals surface area contributed by atoms with Crippen molar-refractivity contribution >= 4 is 34.4 Å². The predicted octanol–water partition coefficient (Wildman–Crippen LogP) is 8.58. The van der Waals surface area contributed by atoms with Crippen LogP contribution in [-0.2, 0) is 15.5 Å². The Morgan fingerprint density at radius 1 is 1.27 bits per heavy atom. The van der Waals surface area contributed by atoms with Crippen molar-refractivity contribution in [2.24, 2.45) is 11.3 Å². The molecule has 0 saturated heterocycles. The van der Waals surface area contributed by atoms with E-state index in [1.807, 2.05) is 25.5 Å². The highest BCUT2D eigenvalue weighted by Gasteiger charge is 2.48. The van der Waals surface area contributed by atoms with Crippen molar-refractivity contribution in [1.29, 1.82) is 0 Å². The topological polar surface area (TPSA) is 44.1 Å². The van der Waals surface area contributed by atoms with E-state index in [0.29, 0.717) is 18.4 Å². The first kappa shape index (κ1) is 28.6. The van der Waals surface area contributed by atoms with Crippen LogP contribution >= 0.6 is 0 Å². The molecule has 2 aliphatic carbocycles. The van der Waals surface area contributed by atoms with Gasteiger partial charge in [-0.2, -0.15) is 5.10 Å². The molecule has 1 aliphatic heterocycles. The fraction of sp³-hybridized carbons (Fsp3) is 0.457. The zero-order valence-electron chi connectivity index (χ0n) is 25.2. The van der Waals surface area contributed by atoms with Crippen molar-refractivity contribution in [1.82, 2.24) is 9.78 Å². The number of rotatable bonds is 9. The second kappa shape index (κ2) is 11.2. The van der Waals surface area contributed by atoms with E-state index in [0.717, 1.165) is 29.2 Å². The molecule has 3 aliphatic rings. The first-order valence-corrected chi connectivity index (χ1v) is 16.4. The number of nitrogens with zero attached hydrogens (tertiary/aromatic N) is 2. The zero-order chi connectivity index (χ0) is 28.8. The molecule has 0 N–H and O–H groups in total. The largest absolute Gasteiger partial charge is 0.478 e. The van der Waals surface area contributed by atoms with E-state index in [1.54, 1.807) is 0 Å². The summed E-state index contributed by atoms with van der Waals surface area (Å²) in [6, 6.07) is 6.60. The maximum Gasteiger partial charge on any atom is 0.217 e. The first-order chi connectivity index (χ1) is 19.1. The molecule has 1 fully saturated rings. The molecule has 0 bridgehead atoms. The summed E-state index contributed by atoms with van der Waals surface area (Å²) in [6.07, 6.45) is 15.9. The second-order valence-corrected chi connectivity index (χ2v) is 13.6. The molecule has 4 atom stereocenters. The van der Waals surface area contributed by atoms with Gasteiger partial charge in [-0.25, -0.2) is 4.68 Å². The minimum Gasteiger partial charge on any atom is -0.478 e. The second-order valence-electron chi connectivity index (χ2n) is 12.1. The molecule has 0 spiro atoms. The summed E-state index contributed by atoms with van der Waals surface area (Å²) in [4.78, 5) is 0. The third-order valence-corrected chi connectivity index (χ3v) is 10.5. The summed E-state index contributed by atoms with van der Waals surface area (Å²) < 4.78 is 20.6. The summed E-state index contributed by atoms with van der Waals surface area (Å²) >= 11 is 0. The van der Waals surface area contributed by atoms with E-state index in [2.05, 4.69) is 82.3 Å². The SMILES string of the molecule is C=Cc1ccc2c(c1)C=C(c1cnn3c1C(C)C(C)=C(CC(C)C1(CS(C)=O)CC1)C(C)=C3OCC)C=CC2C. The Kier molecular flexibility index (Phi) is 7.98. The zero-order valence-corrected chi connectivity index (χ0v) is 26.0. The van der Waals surface area contributed by atoms with E-state index in [9.17, 15) is 4.21 Å². The fourth-order valence-electron chi connectivity index (χ4n) is 6.69. The van der Waals surface area contributed by atoms with E-state index in [1.165, 1.54) is 52.0 Å². The van der Waals surface area contributed by atoms with Crippen molar-refractivity contribution in [3.8, 4) is 0 Å². The number of benzene rings is 1. The summed E-state index contributed by atoms with van der Waals surface area (Å²) in [7, 11) is -0.777. The van der Waals surface area contributed by atoms with E-state index < -0.39 is 10.8 Å². The van der Waals surface area contributed by atoms with Crippen molar-refractivity contribution in [2.45, 2.75) is 72.6 Å². The van der Waals surface area contributed by atoms with Crippen molar-refractivity contribution in [3.63, 3.8) is 0 Å². The van der Waals surface area contributed by atoms with Gasteiger partial charge in [0.1, 0.15) is 0 Å². The van der Waals surface area contributed by atoms with Crippen LogP contribution in [0.4, 0.5) is 0 Å². The molecule has 4 nitrogen and oxygen atoms in total. The van der Waals surface area contributed by atoms with Gasteiger partial charge in [-0.1, -0.05) is 63.3 Å². The van der Waals surface area contributed by atoms with Gasteiger partial charge in [0, 0.05) is 39.9 Å². The lowest BCUT2D eigenvalue weighted by molar-refractivity contribution is 0.268. The minimum absolute atomic E-state index is 0.164. The van der Waals surface area contributed by atoms with Gasteiger partial charge < -0.3 is 4.74 Å². The molecule has 0 amide bonds. The summed E-state index contributed by atoms with van der Waals surface area (Å²) in [5.74, 6) is 2.58. The number of hydrogen-bond acceptors (Lipinski definition) is 3. The number of hydrogen-bond donors (Lipinski definition) is 0. The number of aromatic nitrogens is 2. The molecule has 1 saturated carbocycles. The molecular weight excluding hydrogens is 512 g/mol. The van der Waals surface area contributed by atoms with Gasteiger partial charge in [0.2, 0.25) is 5.88 Å². The smallest absolute Gasteiger partial charge is 0.217 e. The Hall–Kier alpha value is -2.92. The van der Waals surface area contributed by atoms with Gasteiger partial charge in [0.25, 0.3) is 0 Å². The number of allylic oxidation sites excluding steroid dienone is 6. The third-order valence-electron chi connectivity index (χ3n) is 9.55. The highest BCUT2D eigenvalue weighted by molar-refractivity contribution is 7.84. The molecule has 1 aromatic carbocycles. The Bertz CT molecular complexity index is 1480. The molecule has 212 valence electrons. The van der Waals surface area contributed by atoms with Gasteiger partial charge in [0.15, 0.2) is 0 Å². The van der Waals surface area contributed by atoms with Crippen LogP contribution < -0.4 is 0 Å². The summed E-state index contributed by atoms with van der Waals surface area (Å²) in [5, 5.41) is 4.96. The lowest BCUT2D eigenvalue weighted by Crippen LogP contribution is -2.21. The van der Waals surface area contributed by atoms with Crippen LogP contribution in [0.5, 0.6) is 0 Å². The lowest BCUT2D eigenvalue weighted by atomic mass is 9.81. The van der Waals surface area contributed by atoms with Crippen molar-refractivity contribution < 1.29 is 8.95 Å². The van der Waals surface area contributed by atoms with Crippen LogP contribution in [0.25, 0.3) is 23.6 Å². The number of fused-ring (bicyclic) bond motifs is 2. The lowest BCUT2D eigenvalue weighted by Gasteiger charge is -2.26. The normalized spacial score (nSPS) is 23.0. The Morgan fingerprint density at radius 3 is 2.67 bits per heavy atom. The molecular formula is C35H44N2O2S. The molecule has 1 aromatic heterocycles. The molecule has 4 unspecified atom stereocenters. The highest BCUT2D eigenvalue weighted by atomic mass is 32.2. The van der Waals surface area contributed by atoms with E-state index >= 15 is 0 Å². The van der Waals surface area contributed by atoms with Gasteiger partial charge in [-0.15, -0.1) is 0 Å². The summed E-state index contributed by atoms with van der Waals surface area (Å²) in [5.41, 5.74) is 11.3. The first-order valence-electron chi connectivity index (χ1n) is 14.7. The highest BCUT2D eigenvalue weighted by Crippen LogP contribution is 2.55. The van der Waals surface area contributed by atoms with Crippen LogP contribution in [0.15, 0.2) is 59.8 Å². The standard InChI is InChI=1S/C35H44N2O2S/c1-9-27-12-14-30-22(3)11-13-28(19-29(30)18-27)32-20-36-37-33(32)25(6)24(5)31(26(7)34(37)39-10-2)17-23(4)35(15-16-35)21-40(8)38/h9,11-14,18-20,22-23,25H,1,10,15-17,21H2,2-8H3. The third kappa shape index (κ3) is 5.13. The summed E-state index contributed by atoms with van der Waals surface area (Å²) in [6.45, 7) is 18.0. The van der Waals surface area contributed by atoms with Gasteiger partial charge in [-0.3, -0.25) is 4.21 Å². The Labute approximate surface area is 243 Å². The Morgan fingerprint density at radius 2 is 2.02 bits per heavy atom. The van der Waals surface area contributed by atoms with E-state index in [4.69, 9.17) is 9.84 Å². The molecule has 0 radical (unpaired) electrons. The van der Waals surface area contributed by atoms with Crippen LogP contribution in [0.1, 0.15) is 101 Å². The quantitative estimate of drug-likeness (QED) is 0.311. The molecule has 5 heteroatoms. The average Bonchev–Trinajstić information content (AvgIpc) is 3.63. The molecule has 2 heterocycles. The minimum atomic E-state index is -0.777. The number of ether oxygens (including phenoxy) is 1. The Balaban J connectivity index is 1.61. The van der Waals surface area contributed by atoms with Crippen molar-refractivity contribution in [2.75, 3.05) is 18.6 Å². The van der Waals surface area contributed by atoms with Gasteiger partial charge >= 0.3 is 0 Å². The molecule has 2 aromatic rings. The van der Waals surface area contributed by atoms with Crippen LogP contribution in [-0.4, -0.2) is 32.6 Å². The van der Waals surface area contributed by atoms with Crippen LogP contribution in [0.2, 0.25) is 0 Å². The molecule has 5 rings (SSSR count). The maximum absolute atomic E-state index is 12.2. The average molecular weight is 557 g/mol. The predicted molar refractivity (Wildman–Crippen MR) is 170 cm³/mol. The monoisotopic (exact) mass is 556 g/mol. The van der Waals surface area contributed by atoms with Gasteiger partial charge in [0.05, 0.1) is 18.5 Å². The van der Waals surface area contributed by atoms with Crippen molar-refractivity contribution in [3.05, 3.63) is 87.8 Å². The maximum atomic E-state index is 12.2. The molecule has 40 heavy (non-hydrogen) atoms. The fourth-order valence-corrected chi connectivity index (χ4v) is 8.07. The van der Waals surface area contributed by atoms with Crippen LogP contribution in [0.3, 0.4) is 0 Å². The van der Waals surface area contributed by atoms with Crippen LogP contribution in [0, 0.1) is 11.3 Å².